The number of nitrogens with zero attached hydrogens (tertiary/aromatic N) is 2. The summed E-state index contributed by atoms with van der Waals surface area (Å²) in [6.07, 6.45) is 2.15. The number of thioether (sulfide) groups is 1. The van der Waals surface area contributed by atoms with E-state index in [1.54, 1.807) is 23.1 Å². The lowest BCUT2D eigenvalue weighted by atomic mass is 10.1. The van der Waals surface area contributed by atoms with Crippen LogP contribution < -0.4 is 4.90 Å². The number of ether oxygens (including phenoxy) is 1. The van der Waals surface area contributed by atoms with Gasteiger partial charge in [-0.2, -0.15) is 0 Å². The topological polar surface area (TPSA) is 42.4 Å². The number of benzene rings is 2. The second-order valence-electron chi connectivity index (χ2n) is 7.59. The third kappa shape index (κ3) is 4.65. The van der Waals surface area contributed by atoms with Crippen molar-refractivity contribution in [2.75, 3.05) is 23.8 Å². The summed E-state index contributed by atoms with van der Waals surface area (Å²) in [6.45, 7) is 7.62. The van der Waals surface area contributed by atoms with E-state index in [1.807, 2.05) is 4.90 Å². The summed E-state index contributed by atoms with van der Waals surface area (Å²) in [5.74, 6) is 0.475. The summed E-state index contributed by atoms with van der Waals surface area (Å²) in [7, 11) is 0. The van der Waals surface area contributed by atoms with Gasteiger partial charge in [0.1, 0.15) is 0 Å². The van der Waals surface area contributed by atoms with Crippen LogP contribution >= 0.6 is 23.1 Å². The van der Waals surface area contributed by atoms with Crippen LogP contribution in [-0.4, -0.2) is 35.9 Å². The monoisotopic (exact) mass is 426 g/mol. The van der Waals surface area contributed by atoms with Gasteiger partial charge in [0.2, 0.25) is 5.91 Å². The Labute approximate surface area is 180 Å². The largest absolute Gasteiger partial charge is 0.376 e. The first-order valence-corrected chi connectivity index (χ1v) is 11.8. The van der Waals surface area contributed by atoms with Gasteiger partial charge >= 0.3 is 0 Å². The molecule has 4 nitrogen and oxygen atoms in total. The Hall–Kier alpha value is -1.89. The number of carbonyl (C=O) groups is 1. The SMILES string of the molecule is Cc1ccc(SCC(=O)N(CC2CCCO2)c2nc3c(C)c(C)ccc3s2)cc1. The van der Waals surface area contributed by atoms with Crippen LogP contribution in [0.5, 0.6) is 0 Å². The molecule has 2 aromatic carbocycles. The average Bonchev–Trinajstić information content (AvgIpc) is 3.38. The van der Waals surface area contributed by atoms with E-state index in [9.17, 15) is 4.79 Å². The van der Waals surface area contributed by atoms with Crippen LogP contribution in [-0.2, 0) is 9.53 Å². The molecule has 0 N–H and O–H groups in total. The number of hydrogen-bond acceptors (Lipinski definition) is 5. The summed E-state index contributed by atoms with van der Waals surface area (Å²) in [6, 6.07) is 12.5. The van der Waals surface area contributed by atoms with Gasteiger partial charge in [0.25, 0.3) is 0 Å². The third-order valence-electron chi connectivity index (χ3n) is 5.40. The molecule has 1 aromatic heterocycles. The Morgan fingerprint density at radius 2 is 2.00 bits per heavy atom. The molecule has 0 bridgehead atoms. The van der Waals surface area contributed by atoms with Gasteiger partial charge in [-0.25, -0.2) is 4.98 Å². The molecule has 2 heterocycles. The highest BCUT2D eigenvalue weighted by molar-refractivity contribution is 8.00. The van der Waals surface area contributed by atoms with Gasteiger partial charge in [0.15, 0.2) is 5.13 Å². The van der Waals surface area contributed by atoms with Crippen LogP contribution in [0, 0.1) is 20.8 Å². The molecule has 0 saturated carbocycles. The number of anilines is 1. The van der Waals surface area contributed by atoms with E-state index in [4.69, 9.17) is 9.72 Å². The predicted molar refractivity (Wildman–Crippen MR) is 122 cm³/mol. The molecule has 0 radical (unpaired) electrons. The van der Waals surface area contributed by atoms with Gasteiger partial charge < -0.3 is 4.74 Å². The number of carbonyl (C=O) groups excluding carboxylic acids is 1. The summed E-state index contributed by atoms with van der Waals surface area (Å²) in [5, 5.41) is 0.777. The maximum absolute atomic E-state index is 13.2. The second kappa shape index (κ2) is 8.86. The van der Waals surface area contributed by atoms with Gasteiger partial charge in [-0.05, 0) is 62.9 Å². The molecule has 0 aliphatic carbocycles. The fraction of sp³-hybridized carbons (Fsp3) is 0.391. The predicted octanol–water partition coefficient (Wildman–Crippen LogP) is 5.53. The van der Waals surface area contributed by atoms with E-state index in [0.29, 0.717) is 12.3 Å². The van der Waals surface area contributed by atoms with Crippen molar-refractivity contribution in [2.24, 2.45) is 0 Å². The normalized spacial score (nSPS) is 16.4. The van der Waals surface area contributed by atoms with E-state index in [-0.39, 0.29) is 12.0 Å². The molecule has 1 amide bonds. The Morgan fingerprint density at radius 1 is 1.21 bits per heavy atom. The van der Waals surface area contributed by atoms with Crippen LogP contribution in [0.25, 0.3) is 10.2 Å². The van der Waals surface area contributed by atoms with Crippen molar-refractivity contribution in [1.82, 2.24) is 4.98 Å². The minimum Gasteiger partial charge on any atom is -0.376 e. The van der Waals surface area contributed by atoms with E-state index in [0.717, 1.165) is 39.7 Å². The van der Waals surface area contributed by atoms with E-state index >= 15 is 0 Å². The van der Waals surface area contributed by atoms with Gasteiger partial charge in [-0.3, -0.25) is 9.69 Å². The minimum absolute atomic E-state index is 0.0829. The summed E-state index contributed by atoms with van der Waals surface area (Å²) >= 11 is 3.17. The van der Waals surface area contributed by atoms with Gasteiger partial charge in [-0.1, -0.05) is 35.1 Å². The van der Waals surface area contributed by atoms with Crippen LogP contribution in [0.2, 0.25) is 0 Å². The van der Waals surface area contributed by atoms with E-state index in [1.165, 1.54) is 16.7 Å². The van der Waals surface area contributed by atoms with Crippen molar-refractivity contribution in [1.29, 1.82) is 0 Å². The zero-order chi connectivity index (χ0) is 20.4. The quantitative estimate of drug-likeness (QED) is 0.486. The van der Waals surface area contributed by atoms with Crippen molar-refractivity contribution in [2.45, 2.75) is 44.6 Å². The molecular formula is C23H26N2O2S2. The van der Waals surface area contributed by atoms with Crippen molar-refractivity contribution in [3.63, 3.8) is 0 Å². The third-order valence-corrected chi connectivity index (χ3v) is 7.44. The molecule has 1 atom stereocenters. The number of thiazole rings is 1. The van der Waals surface area contributed by atoms with Crippen molar-refractivity contribution in [3.8, 4) is 0 Å². The first-order valence-electron chi connectivity index (χ1n) is 9.99. The average molecular weight is 427 g/mol. The van der Waals surface area contributed by atoms with E-state index in [2.05, 4.69) is 57.2 Å². The maximum Gasteiger partial charge on any atom is 0.239 e. The molecule has 1 saturated heterocycles. The van der Waals surface area contributed by atoms with Gasteiger partial charge in [-0.15, -0.1) is 11.8 Å². The van der Waals surface area contributed by atoms with Crippen LogP contribution in [0.4, 0.5) is 5.13 Å². The lowest BCUT2D eigenvalue weighted by molar-refractivity contribution is -0.116. The Kier molecular flexibility index (Phi) is 6.23. The van der Waals surface area contributed by atoms with Crippen molar-refractivity contribution < 1.29 is 9.53 Å². The lowest BCUT2D eigenvalue weighted by Gasteiger charge is -2.23. The summed E-state index contributed by atoms with van der Waals surface area (Å²) < 4.78 is 6.95. The fourth-order valence-corrected chi connectivity index (χ4v) is 5.29. The molecule has 1 aliphatic rings. The van der Waals surface area contributed by atoms with Crippen LogP contribution in [0.3, 0.4) is 0 Å². The van der Waals surface area contributed by atoms with Crippen molar-refractivity contribution >= 4 is 44.4 Å². The zero-order valence-corrected chi connectivity index (χ0v) is 18.7. The highest BCUT2D eigenvalue weighted by atomic mass is 32.2. The number of hydrogen-bond donors (Lipinski definition) is 0. The fourth-order valence-electron chi connectivity index (χ4n) is 3.47. The number of amides is 1. The first kappa shape index (κ1) is 20.4. The number of aryl methyl sites for hydroxylation is 3. The Balaban J connectivity index is 1.57. The molecule has 6 heteroatoms. The molecular weight excluding hydrogens is 400 g/mol. The lowest BCUT2D eigenvalue weighted by Crippen LogP contribution is -2.38. The van der Waals surface area contributed by atoms with Gasteiger partial charge in [0, 0.05) is 11.5 Å². The molecule has 1 aliphatic heterocycles. The summed E-state index contributed by atoms with van der Waals surface area (Å²) in [5.41, 5.74) is 4.63. The standard InChI is InChI=1S/C23H26N2O2S2/c1-15-6-9-19(10-7-15)28-14-21(26)25(13-18-5-4-12-27-18)23-24-22-17(3)16(2)8-11-20(22)29-23/h6-11,18H,4-5,12-14H2,1-3H3. The van der Waals surface area contributed by atoms with Crippen LogP contribution in [0.15, 0.2) is 41.3 Å². The summed E-state index contributed by atoms with van der Waals surface area (Å²) in [4.78, 5) is 21.0. The highest BCUT2D eigenvalue weighted by Gasteiger charge is 2.26. The molecule has 3 aromatic rings. The van der Waals surface area contributed by atoms with Crippen LogP contribution in [0.1, 0.15) is 29.5 Å². The van der Waals surface area contributed by atoms with Gasteiger partial charge in [0.05, 0.1) is 28.6 Å². The molecule has 0 spiro atoms. The van der Waals surface area contributed by atoms with Crippen molar-refractivity contribution in [3.05, 3.63) is 53.1 Å². The zero-order valence-electron chi connectivity index (χ0n) is 17.1. The molecule has 152 valence electrons. The molecule has 4 rings (SSSR count). The number of aromatic nitrogens is 1. The molecule has 1 unspecified atom stereocenters. The molecule has 29 heavy (non-hydrogen) atoms. The number of rotatable bonds is 6. The molecule has 1 fully saturated rings. The minimum atomic E-state index is 0.0829. The Morgan fingerprint density at radius 3 is 2.72 bits per heavy atom. The highest BCUT2D eigenvalue weighted by Crippen LogP contribution is 2.33. The smallest absolute Gasteiger partial charge is 0.239 e. The maximum atomic E-state index is 13.2. The van der Waals surface area contributed by atoms with E-state index < -0.39 is 0 Å². The Bertz CT molecular complexity index is 1010. The number of fused-ring (bicyclic) bond motifs is 1. The second-order valence-corrected chi connectivity index (χ2v) is 9.65. The first-order chi connectivity index (χ1) is 14.0.